The number of anilines is 3. The molecule has 2 aromatic rings. The highest BCUT2D eigenvalue weighted by Crippen LogP contribution is 2.37. The van der Waals surface area contributed by atoms with Crippen LogP contribution in [0, 0.1) is 10.1 Å². The van der Waals surface area contributed by atoms with Crippen LogP contribution < -0.4 is 9.80 Å². The molecule has 1 aliphatic rings. The Bertz CT molecular complexity index is 762. The van der Waals surface area contributed by atoms with E-state index in [1.54, 1.807) is 11.9 Å². The van der Waals surface area contributed by atoms with Crippen LogP contribution in [-0.4, -0.2) is 60.1 Å². The largest absolute Gasteiger partial charge is 0.353 e. The molecule has 8 heteroatoms. The number of hydrogen-bond acceptors (Lipinski definition) is 7. The van der Waals surface area contributed by atoms with E-state index < -0.39 is 0 Å². The van der Waals surface area contributed by atoms with Crippen molar-refractivity contribution in [3.63, 3.8) is 0 Å². The molecule has 3 rings (SSSR count). The van der Waals surface area contributed by atoms with Gasteiger partial charge in [0, 0.05) is 25.8 Å². The molecule has 0 N–H and O–H groups in total. The SMILES string of the molecule is CN1CCC(N(C)c2ncnc(N(C)c3ccccc3)c2[N+](=O)[O-])CC1. The Hall–Kier alpha value is -2.74. The predicted octanol–water partition coefficient (Wildman–Crippen LogP) is 2.68. The zero-order valence-electron chi connectivity index (χ0n) is 15.4. The normalized spacial score (nSPS) is 15.7. The maximum absolute atomic E-state index is 11.9. The third-order valence-electron chi connectivity index (χ3n) is 5.00. The quantitative estimate of drug-likeness (QED) is 0.602. The van der Waals surface area contributed by atoms with Crippen molar-refractivity contribution >= 4 is 23.0 Å². The first-order chi connectivity index (χ1) is 12.5. The first-order valence-corrected chi connectivity index (χ1v) is 8.68. The van der Waals surface area contributed by atoms with Gasteiger partial charge in [-0.3, -0.25) is 10.1 Å². The van der Waals surface area contributed by atoms with Crippen LogP contribution in [0.25, 0.3) is 0 Å². The minimum Gasteiger partial charge on any atom is -0.351 e. The van der Waals surface area contributed by atoms with Crippen LogP contribution in [0.1, 0.15) is 12.8 Å². The Balaban J connectivity index is 1.97. The van der Waals surface area contributed by atoms with Gasteiger partial charge in [0.2, 0.25) is 11.6 Å². The van der Waals surface area contributed by atoms with Gasteiger partial charge in [0.15, 0.2) is 0 Å². The standard InChI is InChI=1S/C18H24N6O2/c1-21-11-9-15(10-12-21)23(3)18-16(24(25)26)17(19-13-20-18)22(2)14-7-5-4-6-8-14/h4-8,13,15H,9-12H2,1-3H3. The first kappa shape index (κ1) is 18.1. The third kappa shape index (κ3) is 3.60. The minimum atomic E-state index is -0.379. The van der Waals surface area contributed by atoms with Gasteiger partial charge >= 0.3 is 5.69 Å². The highest BCUT2D eigenvalue weighted by Gasteiger charge is 2.31. The Morgan fingerprint density at radius 1 is 1.12 bits per heavy atom. The van der Waals surface area contributed by atoms with Gasteiger partial charge < -0.3 is 14.7 Å². The number of nitrogens with zero attached hydrogens (tertiary/aromatic N) is 6. The van der Waals surface area contributed by atoms with E-state index in [4.69, 9.17) is 0 Å². The summed E-state index contributed by atoms with van der Waals surface area (Å²) in [6.07, 6.45) is 3.32. The minimum absolute atomic E-state index is 0.0553. The van der Waals surface area contributed by atoms with E-state index in [0.717, 1.165) is 31.6 Å². The molecule has 0 spiro atoms. The Kier molecular flexibility index (Phi) is 5.32. The van der Waals surface area contributed by atoms with Gasteiger partial charge in [-0.15, -0.1) is 0 Å². The summed E-state index contributed by atoms with van der Waals surface area (Å²) in [4.78, 5) is 25.9. The number of nitro groups is 1. The lowest BCUT2D eigenvalue weighted by atomic mass is 10.0. The lowest BCUT2D eigenvalue weighted by Crippen LogP contribution is -2.42. The van der Waals surface area contributed by atoms with Gasteiger partial charge in [0.05, 0.1) is 4.92 Å². The molecular formula is C18H24N6O2. The summed E-state index contributed by atoms with van der Waals surface area (Å²) in [6, 6.07) is 9.72. The van der Waals surface area contributed by atoms with Gasteiger partial charge in [-0.05, 0) is 45.1 Å². The number of aromatic nitrogens is 2. The summed E-state index contributed by atoms with van der Waals surface area (Å²) in [5, 5.41) is 11.9. The maximum atomic E-state index is 11.9. The Labute approximate surface area is 153 Å². The van der Waals surface area contributed by atoms with E-state index in [2.05, 4.69) is 21.9 Å². The van der Waals surface area contributed by atoms with E-state index >= 15 is 0 Å². The van der Waals surface area contributed by atoms with Crippen molar-refractivity contribution in [2.75, 3.05) is 44.0 Å². The average Bonchev–Trinajstić information content (AvgIpc) is 2.67. The molecule has 138 valence electrons. The molecule has 0 aliphatic carbocycles. The second-order valence-electron chi connectivity index (χ2n) is 6.67. The van der Waals surface area contributed by atoms with Crippen molar-refractivity contribution in [2.45, 2.75) is 18.9 Å². The summed E-state index contributed by atoms with van der Waals surface area (Å²) in [7, 11) is 5.76. The van der Waals surface area contributed by atoms with Crippen LogP contribution in [0.5, 0.6) is 0 Å². The second kappa shape index (κ2) is 7.65. The molecule has 0 bridgehead atoms. The molecule has 26 heavy (non-hydrogen) atoms. The maximum Gasteiger partial charge on any atom is 0.353 e. The molecule has 0 atom stereocenters. The van der Waals surface area contributed by atoms with E-state index in [9.17, 15) is 10.1 Å². The first-order valence-electron chi connectivity index (χ1n) is 8.68. The molecule has 0 radical (unpaired) electrons. The van der Waals surface area contributed by atoms with Crippen molar-refractivity contribution in [1.29, 1.82) is 0 Å². The van der Waals surface area contributed by atoms with Crippen molar-refractivity contribution in [3.8, 4) is 0 Å². The van der Waals surface area contributed by atoms with E-state index in [-0.39, 0.29) is 16.7 Å². The fraction of sp³-hybridized carbons (Fsp3) is 0.444. The smallest absolute Gasteiger partial charge is 0.351 e. The molecule has 0 unspecified atom stereocenters. The Morgan fingerprint density at radius 3 is 2.35 bits per heavy atom. The monoisotopic (exact) mass is 356 g/mol. The molecule has 0 saturated carbocycles. The zero-order chi connectivity index (χ0) is 18.7. The van der Waals surface area contributed by atoms with Crippen LogP contribution >= 0.6 is 0 Å². The highest BCUT2D eigenvalue weighted by molar-refractivity contribution is 5.75. The van der Waals surface area contributed by atoms with Crippen LogP contribution in [0.15, 0.2) is 36.7 Å². The van der Waals surface area contributed by atoms with Gasteiger partial charge in [-0.1, -0.05) is 18.2 Å². The predicted molar refractivity (Wildman–Crippen MR) is 102 cm³/mol. The van der Waals surface area contributed by atoms with Crippen LogP contribution in [-0.2, 0) is 0 Å². The second-order valence-corrected chi connectivity index (χ2v) is 6.67. The third-order valence-corrected chi connectivity index (χ3v) is 5.00. The van der Waals surface area contributed by atoms with Crippen molar-refractivity contribution in [3.05, 3.63) is 46.8 Å². The van der Waals surface area contributed by atoms with Crippen LogP contribution in [0.2, 0.25) is 0 Å². The molecule has 0 amide bonds. The summed E-state index contributed by atoms with van der Waals surface area (Å²) >= 11 is 0. The van der Waals surface area contributed by atoms with Gasteiger partial charge in [-0.2, -0.15) is 0 Å². The van der Waals surface area contributed by atoms with Gasteiger partial charge in [-0.25, -0.2) is 9.97 Å². The van der Waals surface area contributed by atoms with E-state index in [1.165, 1.54) is 6.33 Å². The topological polar surface area (TPSA) is 78.6 Å². The number of likely N-dealkylation sites (tertiary alicyclic amines) is 1. The summed E-state index contributed by atoms with van der Waals surface area (Å²) in [5.41, 5.74) is 0.780. The molecule has 1 aromatic carbocycles. The molecule has 8 nitrogen and oxygen atoms in total. The highest BCUT2D eigenvalue weighted by atomic mass is 16.6. The lowest BCUT2D eigenvalue weighted by molar-refractivity contribution is -0.383. The average molecular weight is 356 g/mol. The van der Waals surface area contributed by atoms with Crippen molar-refractivity contribution in [2.24, 2.45) is 0 Å². The van der Waals surface area contributed by atoms with E-state index in [0.29, 0.717) is 11.6 Å². The van der Waals surface area contributed by atoms with Gasteiger partial charge in [0.1, 0.15) is 6.33 Å². The number of benzene rings is 1. The number of para-hydroxylation sites is 1. The van der Waals surface area contributed by atoms with Gasteiger partial charge in [0.25, 0.3) is 0 Å². The fourth-order valence-electron chi connectivity index (χ4n) is 3.36. The fourth-order valence-corrected chi connectivity index (χ4v) is 3.36. The summed E-state index contributed by atoms with van der Waals surface area (Å²) in [6.45, 7) is 1.95. The molecule has 1 fully saturated rings. The lowest BCUT2D eigenvalue weighted by Gasteiger charge is -2.35. The number of piperidine rings is 1. The molecule has 1 aromatic heterocycles. The van der Waals surface area contributed by atoms with Crippen LogP contribution in [0.4, 0.5) is 23.0 Å². The van der Waals surface area contributed by atoms with Crippen molar-refractivity contribution < 1.29 is 4.92 Å². The van der Waals surface area contributed by atoms with Crippen LogP contribution in [0.3, 0.4) is 0 Å². The number of rotatable bonds is 5. The summed E-state index contributed by atoms with van der Waals surface area (Å²) in [5.74, 6) is 0.670. The number of hydrogen-bond donors (Lipinski definition) is 0. The molecular weight excluding hydrogens is 332 g/mol. The Morgan fingerprint density at radius 2 is 1.73 bits per heavy atom. The van der Waals surface area contributed by atoms with Crippen molar-refractivity contribution in [1.82, 2.24) is 14.9 Å². The van der Waals surface area contributed by atoms with E-state index in [1.807, 2.05) is 42.3 Å². The molecule has 2 heterocycles. The zero-order valence-corrected chi connectivity index (χ0v) is 15.4. The molecule has 1 saturated heterocycles. The summed E-state index contributed by atoms with van der Waals surface area (Å²) < 4.78 is 0. The molecule has 1 aliphatic heterocycles.